The monoisotopic (exact) mass is 184 g/mol. The highest BCUT2D eigenvalue weighted by atomic mass is 16.5. The Labute approximate surface area is 76.0 Å². The summed E-state index contributed by atoms with van der Waals surface area (Å²) >= 11 is 0. The maximum Gasteiger partial charge on any atom is 0.164 e. The number of aliphatic hydroxyl groups excluding tert-OH is 1. The molecule has 3 N–H and O–H groups in total. The number of phenolic OH excluding ortho intramolecular Hbond substituents is 1. The van der Waals surface area contributed by atoms with Crippen LogP contribution in [0.15, 0.2) is 12.1 Å². The molecule has 0 aliphatic carbocycles. The van der Waals surface area contributed by atoms with Gasteiger partial charge >= 0.3 is 0 Å². The molecule has 0 saturated carbocycles. The summed E-state index contributed by atoms with van der Waals surface area (Å²) in [6, 6.07) is 2.56. The average molecular weight is 184 g/mol. The van der Waals surface area contributed by atoms with E-state index in [1.54, 1.807) is 6.92 Å². The first-order valence-electron chi connectivity index (χ1n) is 3.97. The van der Waals surface area contributed by atoms with E-state index in [2.05, 4.69) is 0 Å². The third-order valence-corrected chi connectivity index (χ3v) is 1.63. The number of hydrogen-bond acceptors (Lipinski definition) is 4. The summed E-state index contributed by atoms with van der Waals surface area (Å²) < 4.78 is 5.03. The number of hydrogen-bond donors (Lipinski definition) is 3. The zero-order chi connectivity index (χ0) is 9.84. The molecule has 1 aromatic rings. The number of ether oxygens (including phenoxy) is 1. The highest BCUT2D eigenvalue weighted by Gasteiger charge is 2.08. The maximum absolute atomic E-state index is 9.33. The fraction of sp³-hybridized carbons (Fsp3) is 0.333. The second-order valence-electron chi connectivity index (χ2n) is 2.54. The Hall–Kier alpha value is -1.42. The van der Waals surface area contributed by atoms with Gasteiger partial charge < -0.3 is 20.1 Å². The quantitative estimate of drug-likeness (QED) is 0.612. The Morgan fingerprint density at radius 3 is 2.46 bits per heavy atom. The molecule has 1 rings (SSSR count). The molecule has 0 aliphatic heterocycles. The zero-order valence-electron chi connectivity index (χ0n) is 7.32. The van der Waals surface area contributed by atoms with Gasteiger partial charge in [0.05, 0.1) is 13.2 Å². The molecule has 0 aromatic heterocycles. The molecule has 0 atom stereocenters. The Morgan fingerprint density at radius 2 is 1.92 bits per heavy atom. The summed E-state index contributed by atoms with van der Waals surface area (Å²) in [6.07, 6.45) is 0. The van der Waals surface area contributed by atoms with E-state index >= 15 is 0 Å². The van der Waals surface area contributed by atoms with E-state index in [0.717, 1.165) is 0 Å². The summed E-state index contributed by atoms with van der Waals surface area (Å²) in [7, 11) is 0. The van der Waals surface area contributed by atoms with Crippen molar-refractivity contribution in [3.63, 3.8) is 0 Å². The molecule has 0 saturated heterocycles. The molecule has 4 nitrogen and oxygen atoms in total. The van der Waals surface area contributed by atoms with Gasteiger partial charge in [0.2, 0.25) is 0 Å². The Balaban J connectivity index is 3.05. The van der Waals surface area contributed by atoms with E-state index in [-0.39, 0.29) is 29.4 Å². The van der Waals surface area contributed by atoms with Gasteiger partial charge in [-0.1, -0.05) is 0 Å². The molecule has 72 valence electrons. The van der Waals surface area contributed by atoms with Crippen LogP contribution in [-0.2, 0) is 6.61 Å². The van der Waals surface area contributed by atoms with Gasteiger partial charge in [-0.2, -0.15) is 0 Å². The minimum absolute atomic E-state index is 0.0799. The lowest BCUT2D eigenvalue weighted by Crippen LogP contribution is -1.93. The lowest BCUT2D eigenvalue weighted by atomic mass is 10.2. The first kappa shape index (κ1) is 9.67. The second-order valence-corrected chi connectivity index (χ2v) is 2.54. The molecule has 0 aliphatic rings. The van der Waals surface area contributed by atoms with Gasteiger partial charge in [0, 0.05) is 11.6 Å². The maximum atomic E-state index is 9.33. The van der Waals surface area contributed by atoms with Crippen molar-refractivity contribution in [3.05, 3.63) is 17.7 Å². The van der Waals surface area contributed by atoms with E-state index in [4.69, 9.17) is 9.84 Å². The van der Waals surface area contributed by atoms with Crippen LogP contribution in [0.5, 0.6) is 17.2 Å². The van der Waals surface area contributed by atoms with Crippen molar-refractivity contribution in [2.75, 3.05) is 6.61 Å². The normalized spacial score (nSPS) is 10.0. The predicted molar refractivity (Wildman–Crippen MR) is 46.9 cm³/mol. The highest BCUT2D eigenvalue weighted by Crippen LogP contribution is 2.33. The number of benzene rings is 1. The van der Waals surface area contributed by atoms with Gasteiger partial charge in [0.25, 0.3) is 0 Å². The van der Waals surface area contributed by atoms with Crippen LogP contribution in [0.25, 0.3) is 0 Å². The third kappa shape index (κ3) is 2.03. The molecular formula is C9H12O4. The summed E-state index contributed by atoms with van der Waals surface area (Å²) in [4.78, 5) is 0. The molecule has 0 spiro atoms. The average Bonchev–Trinajstić information content (AvgIpc) is 2.11. The number of aliphatic hydroxyl groups is 1. The minimum atomic E-state index is -0.314. The van der Waals surface area contributed by atoms with Crippen LogP contribution in [0.3, 0.4) is 0 Å². The van der Waals surface area contributed by atoms with Gasteiger partial charge in [-0.25, -0.2) is 0 Å². The van der Waals surface area contributed by atoms with Crippen molar-refractivity contribution in [2.45, 2.75) is 13.5 Å². The number of aromatic hydroxyl groups is 2. The molecule has 0 radical (unpaired) electrons. The molecular weight excluding hydrogens is 172 g/mol. The van der Waals surface area contributed by atoms with Crippen LogP contribution >= 0.6 is 0 Å². The molecule has 4 heteroatoms. The zero-order valence-corrected chi connectivity index (χ0v) is 7.32. The fourth-order valence-electron chi connectivity index (χ4n) is 0.999. The molecule has 0 amide bonds. The summed E-state index contributed by atoms with van der Waals surface area (Å²) in [5, 5.41) is 27.4. The smallest absolute Gasteiger partial charge is 0.164 e. The van der Waals surface area contributed by atoms with Crippen LogP contribution in [0.2, 0.25) is 0 Å². The first-order valence-corrected chi connectivity index (χ1v) is 3.97. The first-order chi connectivity index (χ1) is 6.19. The minimum Gasteiger partial charge on any atom is -0.507 e. The Morgan fingerprint density at radius 1 is 1.23 bits per heavy atom. The van der Waals surface area contributed by atoms with Gasteiger partial charge in [-0.05, 0) is 13.0 Å². The van der Waals surface area contributed by atoms with Crippen LogP contribution < -0.4 is 4.74 Å². The van der Waals surface area contributed by atoms with E-state index in [0.29, 0.717) is 6.61 Å². The van der Waals surface area contributed by atoms with Crippen molar-refractivity contribution in [1.29, 1.82) is 0 Å². The molecule has 0 unspecified atom stereocenters. The second kappa shape index (κ2) is 4.00. The van der Waals surface area contributed by atoms with Gasteiger partial charge in [0.1, 0.15) is 5.75 Å². The topological polar surface area (TPSA) is 69.9 Å². The van der Waals surface area contributed by atoms with Crippen LogP contribution in [-0.4, -0.2) is 21.9 Å². The van der Waals surface area contributed by atoms with Gasteiger partial charge in [-0.15, -0.1) is 0 Å². The third-order valence-electron chi connectivity index (χ3n) is 1.63. The fourth-order valence-corrected chi connectivity index (χ4v) is 0.999. The molecule has 13 heavy (non-hydrogen) atoms. The molecule has 1 aromatic carbocycles. The lowest BCUT2D eigenvalue weighted by Gasteiger charge is -2.08. The van der Waals surface area contributed by atoms with E-state index in [1.165, 1.54) is 12.1 Å². The van der Waals surface area contributed by atoms with Crippen molar-refractivity contribution in [3.8, 4) is 17.2 Å². The number of phenols is 2. The van der Waals surface area contributed by atoms with Gasteiger partial charge in [-0.3, -0.25) is 0 Å². The van der Waals surface area contributed by atoms with E-state index in [9.17, 15) is 10.2 Å². The summed E-state index contributed by atoms with van der Waals surface area (Å²) in [6.45, 7) is 1.87. The van der Waals surface area contributed by atoms with Crippen LogP contribution in [0.1, 0.15) is 12.5 Å². The largest absolute Gasteiger partial charge is 0.507 e. The predicted octanol–water partition coefficient (Wildman–Crippen LogP) is 0.989. The Kier molecular flexibility index (Phi) is 2.97. The summed E-state index contributed by atoms with van der Waals surface area (Å²) in [5.74, 6) is 0.0599. The van der Waals surface area contributed by atoms with Crippen molar-refractivity contribution >= 4 is 0 Å². The standard InChI is InChI=1S/C9H12O4/c1-2-13-9-4-7(11)6(5-10)3-8(9)12/h3-4,10-12H,2,5H2,1H3. The Bertz CT molecular complexity index is 296. The van der Waals surface area contributed by atoms with E-state index in [1.807, 2.05) is 0 Å². The van der Waals surface area contributed by atoms with Crippen molar-refractivity contribution < 1.29 is 20.1 Å². The van der Waals surface area contributed by atoms with Gasteiger partial charge in [0.15, 0.2) is 11.5 Å². The SMILES string of the molecule is CCOc1cc(O)c(CO)cc1O. The molecule has 0 bridgehead atoms. The van der Waals surface area contributed by atoms with Crippen molar-refractivity contribution in [1.82, 2.24) is 0 Å². The van der Waals surface area contributed by atoms with E-state index < -0.39 is 0 Å². The molecule has 0 fully saturated rings. The number of rotatable bonds is 3. The summed E-state index contributed by atoms with van der Waals surface area (Å²) in [5.41, 5.74) is 0.279. The van der Waals surface area contributed by atoms with Crippen molar-refractivity contribution in [2.24, 2.45) is 0 Å². The van der Waals surface area contributed by atoms with Crippen LogP contribution in [0, 0.1) is 0 Å². The van der Waals surface area contributed by atoms with Crippen LogP contribution in [0.4, 0.5) is 0 Å². The lowest BCUT2D eigenvalue weighted by molar-refractivity contribution is 0.272. The molecule has 0 heterocycles. The highest BCUT2D eigenvalue weighted by molar-refractivity contribution is 5.48.